The molecule has 4 aromatic rings. The highest BCUT2D eigenvalue weighted by atomic mass is 19.4. The molecule has 8 heteroatoms. The molecule has 3 aromatic carbocycles. The van der Waals surface area contributed by atoms with Crippen molar-refractivity contribution in [1.82, 2.24) is 14.0 Å². The Morgan fingerprint density at radius 2 is 1.32 bits per heavy atom. The van der Waals surface area contributed by atoms with Gasteiger partial charge in [-0.3, -0.25) is 5.41 Å². The van der Waals surface area contributed by atoms with Crippen molar-refractivity contribution in [3.05, 3.63) is 84.0 Å². The number of alkyl halides is 3. The van der Waals surface area contributed by atoms with Crippen LogP contribution < -0.4 is 10.4 Å². The van der Waals surface area contributed by atoms with Crippen LogP contribution in [0.4, 0.5) is 13.2 Å². The SMILES string of the molecule is CCN(CC)CCn1c(=N)n(CCCOc2ccc(-c3ccc(C(F)(F)F)cc3)cc2)c2ccccc21. The Kier molecular flexibility index (Phi) is 8.38. The van der Waals surface area contributed by atoms with E-state index in [1.807, 2.05) is 41.0 Å². The second kappa shape index (κ2) is 11.7. The third-order valence-electron chi connectivity index (χ3n) is 6.70. The van der Waals surface area contributed by atoms with E-state index < -0.39 is 11.7 Å². The number of nitrogens with zero attached hydrogens (tertiary/aromatic N) is 3. The van der Waals surface area contributed by atoms with Crippen LogP contribution in [0, 0.1) is 5.41 Å². The van der Waals surface area contributed by atoms with Crippen molar-refractivity contribution in [2.75, 3.05) is 26.2 Å². The Morgan fingerprint density at radius 3 is 1.86 bits per heavy atom. The van der Waals surface area contributed by atoms with Crippen molar-refractivity contribution in [2.45, 2.75) is 39.5 Å². The number of aryl methyl sites for hydroxylation is 1. The molecule has 1 N–H and O–H groups in total. The number of imidazole rings is 1. The fourth-order valence-electron chi connectivity index (χ4n) is 4.54. The number of ether oxygens (including phenoxy) is 1. The lowest BCUT2D eigenvalue weighted by atomic mass is 10.0. The summed E-state index contributed by atoms with van der Waals surface area (Å²) in [5.41, 5.74) is 3.50. The summed E-state index contributed by atoms with van der Waals surface area (Å²) in [7, 11) is 0. The first kappa shape index (κ1) is 26.5. The van der Waals surface area contributed by atoms with Crippen LogP contribution in [0.3, 0.4) is 0 Å². The van der Waals surface area contributed by atoms with Gasteiger partial charge in [0.25, 0.3) is 0 Å². The molecule has 0 atom stereocenters. The van der Waals surface area contributed by atoms with Crippen molar-refractivity contribution in [3.63, 3.8) is 0 Å². The first-order chi connectivity index (χ1) is 17.8. The van der Waals surface area contributed by atoms with Crippen LogP contribution >= 0.6 is 0 Å². The maximum atomic E-state index is 12.8. The summed E-state index contributed by atoms with van der Waals surface area (Å²) in [6, 6.07) is 20.6. The van der Waals surface area contributed by atoms with Gasteiger partial charge in [-0.05, 0) is 67.0 Å². The molecule has 0 bridgehead atoms. The van der Waals surface area contributed by atoms with Gasteiger partial charge < -0.3 is 18.8 Å². The van der Waals surface area contributed by atoms with Gasteiger partial charge in [-0.1, -0.05) is 50.2 Å². The number of likely N-dealkylation sites (N-methyl/N-ethyl adjacent to an activating group) is 1. The van der Waals surface area contributed by atoms with E-state index >= 15 is 0 Å². The summed E-state index contributed by atoms with van der Waals surface area (Å²) >= 11 is 0. The van der Waals surface area contributed by atoms with Gasteiger partial charge in [-0.15, -0.1) is 0 Å². The molecule has 4 rings (SSSR count). The van der Waals surface area contributed by atoms with Crippen molar-refractivity contribution in [3.8, 4) is 16.9 Å². The zero-order valence-electron chi connectivity index (χ0n) is 21.3. The quantitative estimate of drug-likeness (QED) is 0.237. The van der Waals surface area contributed by atoms with Gasteiger partial charge in [0.2, 0.25) is 5.62 Å². The zero-order chi connectivity index (χ0) is 26.4. The summed E-state index contributed by atoms with van der Waals surface area (Å²) in [6.45, 7) is 9.13. The van der Waals surface area contributed by atoms with E-state index in [0.717, 1.165) is 66.9 Å². The van der Waals surface area contributed by atoms with Gasteiger partial charge in [0.05, 0.1) is 23.2 Å². The minimum Gasteiger partial charge on any atom is -0.494 e. The first-order valence-electron chi connectivity index (χ1n) is 12.7. The first-order valence-corrected chi connectivity index (χ1v) is 12.7. The van der Waals surface area contributed by atoms with E-state index in [2.05, 4.69) is 35.4 Å². The van der Waals surface area contributed by atoms with Crippen molar-refractivity contribution in [2.24, 2.45) is 0 Å². The van der Waals surface area contributed by atoms with E-state index in [-0.39, 0.29) is 0 Å². The third-order valence-corrected chi connectivity index (χ3v) is 6.70. The highest BCUT2D eigenvalue weighted by Gasteiger charge is 2.29. The van der Waals surface area contributed by atoms with Crippen LogP contribution in [-0.2, 0) is 19.3 Å². The number of para-hydroxylation sites is 2. The molecular formula is C29H33F3N4O. The molecule has 1 aromatic heterocycles. The maximum absolute atomic E-state index is 12.8. The van der Waals surface area contributed by atoms with Crippen LogP contribution in [0.25, 0.3) is 22.2 Å². The van der Waals surface area contributed by atoms with E-state index in [1.54, 1.807) is 0 Å². The molecule has 0 aliphatic carbocycles. The highest BCUT2D eigenvalue weighted by Crippen LogP contribution is 2.31. The number of benzene rings is 3. The molecule has 0 fully saturated rings. The van der Waals surface area contributed by atoms with Crippen LogP contribution in [-0.4, -0.2) is 40.3 Å². The molecule has 0 aliphatic rings. The Labute approximate surface area is 215 Å². The number of halogens is 3. The average molecular weight is 511 g/mol. The fourth-order valence-corrected chi connectivity index (χ4v) is 4.54. The number of nitrogens with one attached hydrogen (secondary N) is 1. The number of aromatic nitrogens is 2. The molecule has 0 amide bonds. The summed E-state index contributed by atoms with van der Waals surface area (Å²) in [6.07, 6.45) is -3.60. The second-order valence-electron chi connectivity index (χ2n) is 8.94. The van der Waals surface area contributed by atoms with Gasteiger partial charge in [0.15, 0.2) is 0 Å². The minimum absolute atomic E-state index is 0.491. The molecule has 196 valence electrons. The van der Waals surface area contributed by atoms with Crippen molar-refractivity contribution >= 4 is 11.0 Å². The van der Waals surface area contributed by atoms with Gasteiger partial charge in [0.1, 0.15) is 5.75 Å². The van der Waals surface area contributed by atoms with Crippen LogP contribution in [0.5, 0.6) is 5.75 Å². The summed E-state index contributed by atoms with van der Waals surface area (Å²) in [5.74, 6) is 0.702. The molecule has 37 heavy (non-hydrogen) atoms. The molecule has 0 spiro atoms. The zero-order valence-corrected chi connectivity index (χ0v) is 21.3. The highest BCUT2D eigenvalue weighted by molar-refractivity contribution is 5.75. The lowest BCUT2D eigenvalue weighted by Crippen LogP contribution is -2.32. The number of fused-ring (bicyclic) bond motifs is 1. The van der Waals surface area contributed by atoms with Gasteiger partial charge in [0, 0.05) is 19.6 Å². The van der Waals surface area contributed by atoms with E-state index in [9.17, 15) is 13.2 Å². The average Bonchev–Trinajstić information content (AvgIpc) is 3.17. The Hall–Kier alpha value is -3.52. The van der Waals surface area contributed by atoms with E-state index in [0.29, 0.717) is 24.5 Å². The molecule has 0 saturated heterocycles. The Bertz CT molecular complexity index is 1350. The number of hydrogen-bond acceptors (Lipinski definition) is 3. The Balaban J connectivity index is 1.36. The maximum Gasteiger partial charge on any atom is 0.416 e. The summed E-state index contributed by atoms with van der Waals surface area (Å²) in [4.78, 5) is 2.36. The van der Waals surface area contributed by atoms with E-state index in [4.69, 9.17) is 10.1 Å². The smallest absolute Gasteiger partial charge is 0.416 e. The fraction of sp³-hybridized carbons (Fsp3) is 0.345. The lowest BCUT2D eigenvalue weighted by molar-refractivity contribution is -0.137. The predicted octanol–water partition coefficient (Wildman–Crippen LogP) is 6.42. The molecule has 0 unspecified atom stereocenters. The monoisotopic (exact) mass is 510 g/mol. The molecule has 0 radical (unpaired) electrons. The van der Waals surface area contributed by atoms with Crippen LogP contribution in [0.15, 0.2) is 72.8 Å². The standard InChI is InChI=1S/C29H33F3N4O/c1-3-34(4-2)19-20-36-27-9-6-5-8-26(27)35(28(36)33)18-7-21-37-25-16-12-23(13-17-25)22-10-14-24(15-11-22)29(30,31)32/h5-6,8-17,33H,3-4,7,18-21H2,1-2H3. The lowest BCUT2D eigenvalue weighted by Gasteiger charge is -2.18. The predicted molar refractivity (Wildman–Crippen MR) is 141 cm³/mol. The van der Waals surface area contributed by atoms with Crippen LogP contribution in [0.1, 0.15) is 25.8 Å². The molecule has 1 heterocycles. The largest absolute Gasteiger partial charge is 0.494 e. The molecule has 5 nitrogen and oxygen atoms in total. The van der Waals surface area contributed by atoms with Crippen molar-refractivity contribution in [1.29, 1.82) is 5.41 Å². The topological polar surface area (TPSA) is 46.2 Å². The van der Waals surface area contributed by atoms with Crippen molar-refractivity contribution < 1.29 is 17.9 Å². The summed E-state index contributed by atoms with van der Waals surface area (Å²) < 4.78 is 48.4. The minimum atomic E-state index is -4.34. The van der Waals surface area contributed by atoms with Crippen LogP contribution in [0.2, 0.25) is 0 Å². The number of rotatable bonds is 11. The second-order valence-corrected chi connectivity index (χ2v) is 8.94. The molecule has 0 aliphatic heterocycles. The summed E-state index contributed by atoms with van der Waals surface area (Å²) in [5, 5.41) is 8.79. The van der Waals surface area contributed by atoms with Gasteiger partial charge in [-0.25, -0.2) is 0 Å². The normalized spacial score (nSPS) is 11.9. The Morgan fingerprint density at radius 1 is 0.784 bits per heavy atom. The molecule has 0 saturated carbocycles. The third kappa shape index (κ3) is 6.25. The van der Waals surface area contributed by atoms with E-state index in [1.165, 1.54) is 12.1 Å². The van der Waals surface area contributed by atoms with Gasteiger partial charge in [-0.2, -0.15) is 13.2 Å². The number of hydrogen-bond donors (Lipinski definition) is 1. The van der Waals surface area contributed by atoms with Gasteiger partial charge >= 0.3 is 6.18 Å². The molecular weight excluding hydrogens is 477 g/mol.